The molecule has 0 spiro atoms. The molecule has 1 aromatic heterocycles. The van der Waals surface area contributed by atoms with Gasteiger partial charge in [0.2, 0.25) is 5.96 Å². The van der Waals surface area contributed by atoms with E-state index in [1.165, 1.54) is 22.9 Å². The summed E-state index contributed by atoms with van der Waals surface area (Å²) in [7, 11) is 0. The molecule has 0 saturated carbocycles. The van der Waals surface area contributed by atoms with E-state index in [0.29, 0.717) is 19.7 Å². The summed E-state index contributed by atoms with van der Waals surface area (Å²) in [4.78, 5) is 1.89. The normalized spacial score (nSPS) is 16.1. The molecule has 0 radical (unpaired) electrons. The van der Waals surface area contributed by atoms with Crippen molar-refractivity contribution in [2.75, 3.05) is 19.7 Å². The van der Waals surface area contributed by atoms with E-state index < -0.39 is 0 Å². The van der Waals surface area contributed by atoms with E-state index in [-0.39, 0.29) is 23.3 Å². The number of aromatic nitrogens is 1. The molecule has 108 valence electrons. The molecule has 1 aliphatic rings. The number of aromatic hydroxyl groups is 1. The predicted molar refractivity (Wildman–Crippen MR) is 75.8 cm³/mol. The van der Waals surface area contributed by atoms with E-state index in [9.17, 15) is 5.11 Å². The van der Waals surface area contributed by atoms with Crippen LogP contribution in [-0.2, 0) is 4.74 Å². The minimum Gasteiger partial charge on any atom is -0.506 e. The zero-order chi connectivity index (χ0) is 14.5. The molecule has 1 saturated heterocycles. The standard InChI is InChI=1S/C14H20N4O2/c1-2-9-20-12-5-7-17(8-6-12)14(16)18-10-11(19)3-4-13(18)15/h2-4,10,12,15-16,19H,1,5-9H2. The van der Waals surface area contributed by atoms with Crippen molar-refractivity contribution in [3.63, 3.8) is 0 Å². The third-order valence-corrected chi connectivity index (χ3v) is 3.35. The van der Waals surface area contributed by atoms with Crippen molar-refractivity contribution >= 4 is 5.96 Å². The van der Waals surface area contributed by atoms with Crippen LogP contribution in [0.5, 0.6) is 5.75 Å². The molecule has 2 rings (SSSR count). The van der Waals surface area contributed by atoms with Crippen LogP contribution in [0, 0.1) is 10.8 Å². The highest BCUT2D eigenvalue weighted by Gasteiger charge is 2.22. The smallest absolute Gasteiger partial charge is 0.203 e. The maximum Gasteiger partial charge on any atom is 0.203 e. The van der Waals surface area contributed by atoms with E-state index in [0.717, 1.165) is 12.8 Å². The molecule has 0 aliphatic carbocycles. The SMILES string of the molecule is C=CCOC1CCN(C(=N)n2cc(O)ccc2=N)CC1. The molecule has 3 N–H and O–H groups in total. The van der Waals surface area contributed by atoms with Gasteiger partial charge in [-0.1, -0.05) is 6.08 Å². The average molecular weight is 276 g/mol. The van der Waals surface area contributed by atoms with E-state index in [4.69, 9.17) is 15.6 Å². The fraction of sp³-hybridized carbons (Fsp3) is 0.429. The molecule has 0 aromatic carbocycles. The second-order valence-corrected chi connectivity index (χ2v) is 4.77. The van der Waals surface area contributed by atoms with Gasteiger partial charge in [0.15, 0.2) is 0 Å². The van der Waals surface area contributed by atoms with Crippen LogP contribution < -0.4 is 5.49 Å². The van der Waals surface area contributed by atoms with Gasteiger partial charge in [0.1, 0.15) is 11.2 Å². The van der Waals surface area contributed by atoms with E-state index in [2.05, 4.69) is 6.58 Å². The largest absolute Gasteiger partial charge is 0.506 e. The van der Waals surface area contributed by atoms with Crippen LogP contribution in [0.15, 0.2) is 31.0 Å². The second-order valence-electron chi connectivity index (χ2n) is 4.77. The quantitative estimate of drug-likeness (QED) is 0.439. The minimum atomic E-state index is 0.0509. The first-order chi connectivity index (χ1) is 9.61. The fourth-order valence-electron chi connectivity index (χ4n) is 2.26. The molecule has 1 aliphatic heterocycles. The summed E-state index contributed by atoms with van der Waals surface area (Å²) < 4.78 is 6.98. The topological polar surface area (TPSA) is 85.3 Å². The summed E-state index contributed by atoms with van der Waals surface area (Å²) in [5, 5.41) is 25.4. The van der Waals surface area contributed by atoms with E-state index in [1.54, 1.807) is 6.08 Å². The molecule has 0 unspecified atom stereocenters. The zero-order valence-electron chi connectivity index (χ0n) is 11.4. The van der Waals surface area contributed by atoms with Gasteiger partial charge in [-0.25, -0.2) is 0 Å². The van der Waals surface area contributed by atoms with Crippen molar-refractivity contribution < 1.29 is 9.84 Å². The van der Waals surface area contributed by atoms with Crippen LogP contribution in [0.3, 0.4) is 0 Å². The lowest BCUT2D eigenvalue weighted by atomic mass is 10.1. The number of ether oxygens (including phenoxy) is 1. The van der Waals surface area contributed by atoms with Gasteiger partial charge in [0, 0.05) is 13.1 Å². The lowest BCUT2D eigenvalue weighted by Crippen LogP contribution is -2.45. The third-order valence-electron chi connectivity index (χ3n) is 3.35. The average Bonchev–Trinajstić information content (AvgIpc) is 2.47. The van der Waals surface area contributed by atoms with E-state index in [1.807, 2.05) is 4.90 Å². The van der Waals surface area contributed by atoms with Crippen molar-refractivity contribution in [2.24, 2.45) is 0 Å². The monoisotopic (exact) mass is 276 g/mol. The summed E-state index contributed by atoms with van der Waals surface area (Å²) >= 11 is 0. The number of piperidine rings is 1. The molecule has 2 heterocycles. The first-order valence-electron chi connectivity index (χ1n) is 6.64. The number of likely N-dealkylation sites (tertiary alicyclic amines) is 1. The number of hydrogen-bond acceptors (Lipinski definition) is 4. The van der Waals surface area contributed by atoms with Gasteiger partial charge in [-0.2, -0.15) is 0 Å². The Hall–Kier alpha value is -2.08. The Balaban J connectivity index is 1.99. The van der Waals surface area contributed by atoms with Crippen LogP contribution >= 0.6 is 0 Å². The number of nitrogens with zero attached hydrogens (tertiary/aromatic N) is 2. The fourth-order valence-corrected chi connectivity index (χ4v) is 2.26. The Labute approximate surface area is 117 Å². The minimum absolute atomic E-state index is 0.0509. The predicted octanol–water partition coefficient (Wildman–Crippen LogP) is 1.12. The number of hydrogen-bond donors (Lipinski definition) is 3. The third kappa shape index (κ3) is 3.27. The van der Waals surface area contributed by atoms with Crippen LogP contribution in [0.4, 0.5) is 0 Å². The summed E-state index contributed by atoms with van der Waals surface area (Å²) in [6.45, 7) is 5.61. The molecular weight excluding hydrogens is 256 g/mol. The van der Waals surface area contributed by atoms with Crippen LogP contribution in [0.25, 0.3) is 0 Å². The van der Waals surface area contributed by atoms with Crippen LogP contribution in [-0.4, -0.2) is 46.3 Å². The zero-order valence-corrected chi connectivity index (χ0v) is 11.4. The van der Waals surface area contributed by atoms with E-state index >= 15 is 0 Å². The van der Waals surface area contributed by atoms with Crippen LogP contribution in [0.2, 0.25) is 0 Å². The second kappa shape index (κ2) is 6.38. The van der Waals surface area contributed by atoms with Crippen molar-refractivity contribution in [2.45, 2.75) is 18.9 Å². The molecular formula is C14H20N4O2. The lowest BCUT2D eigenvalue weighted by molar-refractivity contribution is 0.0352. The van der Waals surface area contributed by atoms with Crippen molar-refractivity contribution in [1.82, 2.24) is 9.47 Å². The molecule has 0 bridgehead atoms. The first kappa shape index (κ1) is 14.3. The Morgan fingerprint density at radius 2 is 2.15 bits per heavy atom. The van der Waals surface area contributed by atoms with Gasteiger partial charge in [0.05, 0.1) is 18.9 Å². The molecule has 6 nitrogen and oxygen atoms in total. The number of rotatable bonds is 3. The summed E-state index contributed by atoms with van der Waals surface area (Å²) in [5.41, 5.74) is 0.179. The Kier molecular flexibility index (Phi) is 4.57. The Morgan fingerprint density at radius 1 is 1.45 bits per heavy atom. The summed E-state index contributed by atoms with van der Waals surface area (Å²) in [5.74, 6) is 0.267. The molecule has 0 atom stereocenters. The van der Waals surface area contributed by atoms with Gasteiger partial charge in [-0.3, -0.25) is 15.4 Å². The van der Waals surface area contributed by atoms with Crippen molar-refractivity contribution in [3.8, 4) is 5.75 Å². The summed E-state index contributed by atoms with van der Waals surface area (Å²) in [6, 6.07) is 2.92. The lowest BCUT2D eigenvalue weighted by Gasteiger charge is -2.33. The maximum absolute atomic E-state index is 9.48. The Bertz CT molecular complexity index is 544. The highest BCUT2D eigenvalue weighted by atomic mass is 16.5. The Morgan fingerprint density at radius 3 is 2.80 bits per heavy atom. The molecule has 0 amide bonds. The first-order valence-corrected chi connectivity index (χ1v) is 6.64. The molecule has 1 aromatic rings. The molecule has 6 heteroatoms. The molecule has 20 heavy (non-hydrogen) atoms. The van der Waals surface area contributed by atoms with Crippen LogP contribution in [0.1, 0.15) is 12.8 Å². The number of nitrogens with one attached hydrogen (secondary N) is 2. The molecule has 1 fully saturated rings. The van der Waals surface area contributed by atoms with Crippen molar-refractivity contribution in [3.05, 3.63) is 36.5 Å². The van der Waals surface area contributed by atoms with Gasteiger partial charge in [-0.15, -0.1) is 6.58 Å². The van der Waals surface area contributed by atoms with Gasteiger partial charge in [-0.05, 0) is 25.0 Å². The van der Waals surface area contributed by atoms with Gasteiger partial charge in [0.25, 0.3) is 0 Å². The highest BCUT2D eigenvalue weighted by Crippen LogP contribution is 2.14. The highest BCUT2D eigenvalue weighted by molar-refractivity contribution is 5.79. The number of pyridine rings is 1. The maximum atomic E-state index is 9.48. The van der Waals surface area contributed by atoms with Gasteiger partial charge >= 0.3 is 0 Å². The van der Waals surface area contributed by atoms with Crippen molar-refractivity contribution in [1.29, 1.82) is 10.8 Å². The summed E-state index contributed by atoms with van der Waals surface area (Å²) in [6.07, 6.45) is 5.04. The van der Waals surface area contributed by atoms with Gasteiger partial charge < -0.3 is 14.7 Å².